The molecular weight excluding hydrogens is 384 g/mol. The summed E-state index contributed by atoms with van der Waals surface area (Å²) in [5, 5.41) is 16.4. The van der Waals surface area contributed by atoms with E-state index in [1.807, 2.05) is 24.3 Å². The Kier molecular flexibility index (Phi) is 7.03. The lowest BCUT2D eigenvalue weighted by Crippen LogP contribution is -2.32. The number of rotatable bonds is 7. The van der Waals surface area contributed by atoms with Crippen LogP contribution in [0, 0.1) is 17.2 Å². The van der Waals surface area contributed by atoms with Gasteiger partial charge < -0.3 is 15.5 Å². The van der Waals surface area contributed by atoms with Crippen molar-refractivity contribution < 1.29 is 0 Å². The molecule has 1 saturated carbocycles. The minimum absolute atomic E-state index is 0.451. The van der Waals surface area contributed by atoms with E-state index < -0.39 is 0 Å². The highest BCUT2D eigenvalue weighted by Gasteiger charge is 2.24. The van der Waals surface area contributed by atoms with Crippen LogP contribution in [-0.2, 0) is 19.4 Å². The molecular formula is C25H34N6. The van der Waals surface area contributed by atoms with Crippen LogP contribution in [0.25, 0.3) is 0 Å². The fourth-order valence-corrected chi connectivity index (χ4v) is 4.90. The Morgan fingerprint density at radius 2 is 1.84 bits per heavy atom. The van der Waals surface area contributed by atoms with Crippen LogP contribution in [0.2, 0.25) is 0 Å². The van der Waals surface area contributed by atoms with E-state index in [2.05, 4.69) is 35.7 Å². The van der Waals surface area contributed by atoms with Gasteiger partial charge in [0.25, 0.3) is 0 Å². The number of nitrogens with zero attached hydrogens (tertiary/aromatic N) is 4. The number of nitrogens with one attached hydrogen (secondary N) is 2. The smallest absolute Gasteiger partial charge is 0.225 e. The Balaban J connectivity index is 1.28. The van der Waals surface area contributed by atoms with Crippen molar-refractivity contribution in [1.82, 2.24) is 15.3 Å². The topological polar surface area (TPSA) is 76.9 Å². The van der Waals surface area contributed by atoms with E-state index >= 15 is 0 Å². The molecule has 2 N–H and O–H groups in total. The molecule has 0 radical (unpaired) electrons. The molecule has 2 aliphatic carbocycles. The number of anilines is 2. The van der Waals surface area contributed by atoms with Crippen LogP contribution in [0.4, 0.5) is 11.8 Å². The minimum atomic E-state index is 0.451. The average Bonchev–Trinajstić information content (AvgIpc) is 2.80. The zero-order valence-electron chi connectivity index (χ0n) is 18.8. The zero-order valence-corrected chi connectivity index (χ0v) is 18.8. The fraction of sp³-hybridized carbons (Fsp3) is 0.560. The predicted molar refractivity (Wildman–Crippen MR) is 125 cm³/mol. The molecule has 6 heteroatoms. The van der Waals surface area contributed by atoms with Crippen molar-refractivity contribution in [2.24, 2.45) is 5.92 Å². The van der Waals surface area contributed by atoms with E-state index in [4.69, 9.17) is 9.97 Å². The van der Waals surface area contributed by atoms with E-state index in [9.17, 15) is 5.26 Å². The first-order valence-corrected chi connectivity index (χ1v) is 11.7. The van der Waals surface area contributed by atoms with Gasteiger partial charge in [0.2, 0.25) is 5.95 Å². The van der Waals surface area contributed by atoms with Gasteiger partial charge >= 0.3 is 0 Å². The fourth-order valence-electron chi connectivity index (χ4n) is 4.90. The van der Waals surface area contributed by atoms with Crippen molar-refractivity contribution >= 4 is 11.8 Å². The lowest BCUT2D eigenvalue weighted by Gasteiger charge is -2.30. The van der Waals surface area contributed by atoms with Gasteiger partial charge in [0.1, 0.15) is 5.82 Å². The molecule has 6 nitrogen and oxygen atoms in total. The van der Waals surface area contributed by atoms with Crippen LogP contribution in [-0.4, -0.2) is 36.6 Å². The van der Waals surface area contributed by atoms with E-state index in [0.717, 1.165) is 61.7 Å². The number of hydrogen-bond acceptors (Lipinski definition) is 6. The first kappa shape index (κ1) is 21.6. The standard InChI is InChI=1S/C25H34N6/c1-31(2)24-22-9-5-6-10-23(22)29-25(30-24)28-21-13-11-18(12-14-21)16-27-17-20-8-4-3-7-19(20)15-26/h3-4,7-8,18,21,27H,5-6,9-14,16-17H2,1-2H3,(H,28,29,30). The number of aromatic nitrogens is 2. The van der Waals surface area contributed by atoms with E-state index in [1.165, 1.54) is 36.9 Å². The normalized spacial score (nSPS) is 20.5. The third kappa shape index (κ3) is 5.34. The lowest BCUT2D eigenvalue weighted by molar-refractivity contribution is 0.323. The first-order valence-electron chi connectivity index (χ1n) is 11.7. The molecule has 0 unspecified atom stereocenters. The molecule has 0 aliphatic heterocycles. The highest BCUT2D eigenvalue weighted by Crippen LogP contribution is 2.30. The van der Waals surface area contributed by atoms with Crippen LogP contribution in [0.1, 0.15) is 60.9 Å². The van der Waals surface area contributed by atoms with Crippen molar-refractivity contribution in [3.8, 4) is 6.07 Å². The summed E-state index contributed by atoms with van der Waals surface area (Å²) < 4.78 is 0. The lowest BCUT2D eigenvalue weighted by atomic mass is 9.86. The van der Waals surface area contributed by atoms with Gasteiger partial charge in [-0.3, -0.25) is 0 Å². The van der Waals surface area contributed by atoms with Crippen molar-refractivity contribution in [2.75, 3.05) is 30.9 Å². The molecule has 0 spiro atoms. The molecule has 0 atom stereocenters. The quantitative estimate of drug-likeness (QED) is 0.706. The van der Waals surface area contributed by atoms with Crippen molar-refractivity contribution in [3.63, 3.8) is 0 Å². The zero-order chi connectivity index (χ0) is 21.6. The number of fused-ring (bicyclic) bond motifs is 1. The molecule has 1 heterocycles. The van der Waals surface area contributed by atoms with E-state index in [-0.39, 0.29) is 0 Å². The maximum absolute atomic E-state index is 9.23. The van der Waals surface area contributed by atoms with Gasteiger partial charge in [0, 0.05) is 32.2 Å². The Bertz CT molecular complexity index is 924. The van der Waals surface area contributed by atoms with Gasteiger partial charge in [0.15, 0.2) is 0 Å². The number of nitriles is 1. The van der Waals surface area contributed by atoms with Crippen LogP contribution in [0.3, 0.4) is 0 Å². The SMILES string of the molecule is CN(C)c1nc(NC2CCC(CNCc3ccccc3C#N)CC2)nc2c1CCCC2. The summed E-state index contributed by atoms with van der Waals surface area (Å²) >= 11 is 0. The summed E-state index contributed by atoms with van der Waals surface area (Å²) in [7, 11) is 4.16. The van der Waals surface area contributed by atoms with Crippen LogP contribution >= 0.6 is 0 Å². The molecule has 1 aromatic carbocycles. The molecule has 1 fully saturated rings. The second-order valence-corrected chi connectivity index (χ2v) is 9.16. The third-order valence-corrected chi connectivity index (χ3v) is 6.65. The largest absolute Gasteiger partial charge is 0.362 e. The first-order chi connectivity index (χ1) is 15.1. The van der Waals surface area contributed by atoms with Gasteiger partial charge in [-0.15, -0.1) is 0 Å². The Morgan fingerprint density at radius 3 is 2.61 bits per heavy atom. The summed E-state index contributed by atoms with van der Waals surface area (Å²) in [4.78, 5) is 11.9. The highest BCUT2D eigenvalue weighted by molar-refractivity contribution is 5.53. The Morgan fingerprint density at radius 1 is 1.06 bits per heavy atom. The summed E-state index contributed by atoms with van der Waals surface area (Å²) in [6.07, 6.45) is 9.35. The van der Waals surface area contributed by atoms with Crippen LogP contribution in [0.5, 0.6) is 0 Å². The molecule has 0 bridgehead atoms. The van der Waals surface area contributed by atoms with Gasteiger partial charge in [-0.1, -0.05) is 18.2 Å². The number of aryl methyl sites for hydroxylation is 1. The summed E-state index contributed by atoms with van der Waals surface area (Å²) in [5.41, 5.74) is 4.43. The van der Waals surface area contributed by atoms with Crippen molar-refractivity contribution in [2.45, 2.75) is 64.0 Å². The van der Waals surface area contributed by atoms with Crippen LogP contribution < -0.4 is 15.5 Å². The van der Waals surface area contributed by atoms with Crippen LogP contribution in [0.15, 0.2) is 24.3 Å². The molecule has 164 valence electrons. The summed E-state index contributed by atoms with van der Waals surface area (Å²) in [5.74, 6) is 2.58. The molecule has 31 heavy (non-hydrogen) atoms. The maximum Gasteiger partial charge on any atom is 0.225 e. The van der Waals surface area contributed by atoms with E-state index in [1.54, 1.807) is 0 Å². The number of benzene rings is 1. The van der Waals surface area contributed by atoms with Gasteiger partial charge in [-0.05, 0) is 75.5 Å². The van der Waals surface area contributed by atoms with Crippen molar-refractivity contribution in [3.05, 3.63) is 46.6 Å². The predicted octanol–water partition coefficient (Wildman–Crippen LogP) is 4.05. The second-order valence-electron chi connectivity index (χ2n) is 9.16. The molecule has 0 amide bonds. The molecule has 0 saturated heterocycles. The molecule has 4 rings (SSSR count). The molecule has 1 aromatic heterocycles. The number of hydrogen-bond donors (Lipinski definition) is 2. The van der Waals surface area contributed by atoms with Crippen molar-refractivity contribution in [1.29, 1.82) is 5.26 Å². The second kappa shape index (κ2) is 10.1. The molecule has 2 aromatic rings. The Hall–Kier alpha value is -2.65. The average molecular weight is 419 g/mol. The van der Waals surface area contributed by atoms with Gasteiger partial charge in [-0.25, -0.2) is 4.98 Å². The monoisotopic (exact) mass is 418 g/mol. The van der Waals surface area contributed by atoms with Gasteiger partial charge in [0.05, 0.1) is 17.3 Å². The molecule has 2 aliphatic rings. The third-order valence-electron chi connectivity index (χ3n) is 6.65. The van der Waals surface area contributed by atoms with Gasteiger partial charge in [-0.2, -0.15) is 10.2 Å². The maximum atomic E-state index is 9.23. The Labute approximate surface area is 186 Å². The summed E-state index contributed by atoms with van der Waals surface area (Å²) in [6, 6.07) is 10.6. The minimum Gasteiger partial charge on any atom is -0.362 e. The summed E-state index contributed by atoms with van der Waals surface area (Å²) in [6.45, 7) is 1.77. The highest BCUT2D eigenvalue weighted by atomic mass is 15.2. The van der Waals surface area contributed by atoms with E-state index in [0.29, 0.717) is 12.0 Å².